The molecule has 0 aromatic heterocycles. The molecule has 0 aliphatic carbocycles. The summed E-state index contributed by atoms with van der Waals surface area (Å²) in [6, 6.07) is 8.63. The van der Waals surface area contributed by atoms with Crippen molar-refractivity contribution in [3.8, 4) is 0 Å². The van der Waals surface area contributed by atoms with Gasteiger partial charge in [-0.05, 0) is 12.1 Å². The van der Waals surface area contributed by atoms with Crippen molar-refractivity contribution < 1.29 is 27.5 Å². The molecule has 4 N–H and O–H groups in total. The number of methoxy groups -OCH3 is 1. The lowest BCUT2D eigenvalue weighted by Crippen LogP contribution is -2.44. The van der Waals surface area contributed by atoms with Gasteiger partial charge in [-0.1, -0.05) is 18.2 Å². The second kappa shape index (κ2) is 9.66. The summed E-state index contributed by atoms with van der Waals surface area (Å²) in [6.07, 6.45) is -6.01. The van der Waals surface area contributed by atoms with Gasteiger partial charge in [0.2, 0.25) is 0 Å². The molecule has 0 aliphatic rings. The number of ether oxygens (including phenoxy) is 1. The average molecular weight is 374 g/mol. The predicted molar refractivity (Wildman–Crippen MR) is 90.1 cm³/mol. The van der Waals surface area contributed by atoms with E-state index in [-0.39, 0.29) is 11.4 Å². The maximum atomic E-state index is 12.5. The Bertz CT molecular complexity index is 648. The number of hydrogen-bond donors (Lipinski definition) is 4. The second-order valence-corrected chi connectivity index (χ2v) is 5.04. The summed E-state index contributed by atoms with van der Waals surface area (Å²) in [5.41, 5.74) is 0.787. The Kier molecular flexibility index (Phi) is 7.91. The van der Waals surface area contributed by atoms with E-state index in [1.165, 1.54) is 21.2 Å². The summed E-state index contributed by atoms with van der Waals surface area (Å²) in [5, 5.41) is 9.81. The monoisotopic (exact) mass is 374 g/mol. The maximum Gasteiger partial charge on any atom is 0.471 e. The normalized spacial score (nSPS) is 13.3. The molecule has 1 rings (SSSR count). The first-order valence-corrected chi connectivity index (χ1v) is 7.58. The molecule has 1 aromatic rings. The molecule has 1 atom stereocenters. The number of nitrogens with one attached hydrogen (secondary N) is 4. The Morgan fingerprint density at radius 3 is 2.19 bits per heavy atom. The van der Waals surface area contributed by atoms with E-state index in [0.717, 1.165) is 0 Å². The number of benzene rings is 1. The number of amides is 2. The number of carbonyl (C=O) groups excluding carboxylic acids is 2. The summed E-state index contributed by atoms with van der Waals surface area (Å²) in [7, 11) is 4.22. The van der Waals surface area contributed by atoms with Crippen LogP contribution in [0.25, 0.3) is 0 Å². The summed E-state index contributed by atoms with van der Waals surface area (Å²) in [5.74, 6) is -2.61. The van der Waals surface area contributed by atoms with Crippen molar-refractivity contribution in [2.24, 2.45) is 0 Å². The molecule has 26 heavy (non-hydrogen) atoms. The Labute approximate surface area is 149 Å². The highest BCUT2D eigenvalue weighted by Crippen LogP contribution is 2.15. The molecule has 7 nitrogen and oxygen atoms in total. The summed E-state index contributed by atoms with van der Waals surface area (Å²) in [6.45, 7) is -0.477. The highest BCUT2D eigenvalue weighted by atomic mass is 19.4. The first-order chi connectivity index (χ1) is 12.2. The molecule has 0 fully saturated rings. The average Bonchev–Trinajstić information content (AvgIpc) is 2.60. The smallest absolute Gasteiger partial charge is 0.387 e. The van der Waals surface area contributed by atoms with E-state index in [2.05, 4.69) is 16.0 Å². The summed E-state index contributed by atoms with van der Waals surface area (Å²) < 4.78 is 42.1. The van der Waals surface area contributed by atoms with Crippen LogP contribution in [0.1, 0.15) is 0 Å². The molecule has 0 saturated heterocycles. The van der Waals surface area contributed by atoms with Gasteiger partial charge in [0, 0.05) is 33.4 Å². The largest absolute Gasteiger partial charge is 0.471 e. The van der Waals surface area contributed by atoms with Crippen molar-refractivity contribution in [1.82, 2.24) is 16.0 Å². The van der Waals surface area contributed by atoms with Gasteiger partial charge in [0.1, 0.15) is 11.8 Å². The van der Waals surface area contributed by atoms with Gasteiger partial charge in [-0.2, -0.15) is 13.2 Å². The van der Waals surface area contributed by atoms with Crippen LogP contribution in [0, 0.1) is 0 Å². The number of anilines is 1. The zero-order valence-corrected chi connectivity index (χ0v) is 14.5. The molecule has 1 unspecified atom stereocenters. The number of halogens is 3. The zero-order chi connectivity index (χ0) is 19.7. The van der Waals surface area contributed by atoms with Gasteiger partial charge in [0.05, 0.1) is 5.70 Å². The van der Waals surface area contributed by atoms with Gasteiger partial charge in [-0.15, -0.1) is 0 Å². The van der Waals surface area contributed by atoms with Gasteiger partial charge in [-0.3, -0.25) is 9.59 Å². The van der Waals surface area contributed by atoms with E-state index in [1.807, 2.05) is 0 Å². The molecule has 0 radical (unpaired) electrons. The molecule has 0 heterocycles. The fraction of sp³-hybridized carbons (Fsp3) is 0.375. The van der Waals surface area contributed by atoms with Crippen LogP contribution in [-0.4, -0.2) is 51.8 Å². The lowest BCUT2D eigenvalue weighted by molar-refractivity contribution is -0.173. The third kappa shape index (κ3) is 5.96. The lowest BCUT2D eigenvalue weighted by Gasteiger charge is -2.23. The molecule has 0 aliphatic heterocycles. The molecular weight excluding hydrogens is 353 g/mol. The highest BCUT2D eigenvalue weighted by Gasteiger charge is 2.39. The van der Waals surface area contributed by atoms with Crippen molar-refractivity contribution in [1.29, 1.82) is 0 Å². The minimum Gasteiger partial charge on any atom is -0.387 e. The number of para-hydroxylation sites is 1. The minimum absolute atomic E-state index is 0.0597. The Morgan fingerprint density at radius 2 is 1.73 bits per heavy atom. The Hall–Kier alpha value is -2.75. The predicted octanol–water partition coefficient (Wildman–Crippen LogP) is 0.969. The first kappa shape index (κ1) is 21.3. The molecule has 2 amide bonds. The molecule has 0 saturated carbocycles. The van der Waals surface area contributed by atoms with Crippen molar-refractivity contribution >= 4 is 17.5 Å². The number of likely N-dealkylation sites (N-methyl/N-ethyl adjacent to an activating group) is 2. The highest BCUT2D eigenvalue weighted by molar-refractivity contribution is 6.03. The van der Waals surface area contributed by atoms with E-state index in [1.54, 1.807) is 35.6 Å². The zero-order valence-electron chi connectivity index (χ0n) is 14.5. The third-order valence-corrected chi connectivity index (χ3v) is 3.36. The molecule has 0 spiro atoms. The standard InChI is InChI=1S/C16H21F3N4O3/c1-20-12(11(26-3)9-22-15(25)16(17,18)19)13(21-2)14(24)23-10-7-5-4-6-8-10/h4-8,11,20-21H,9H2,1-3H3,(H,22,25)(H,23,24)/b13-12+. The van der Waals surface area contributed by atoms with Crippen molar-refractivity contribution in [3.05, 3.63) is 41.7 Å². The van der Waals surface area contributed by atoms with Crippen LogP contribution in [0.3, 0.4) is 0 Å². The summed E-state index contributed by atoms with van der Waals surface area (Å²) >= 11 is 0. The van der Waals surface area contributed by atoms with Crippen LogP contribution in [0.4, 0.5) is 18.9 Å². The van der Waals surface area contributed by atoms with E-state index in [9.17, 15) is 22.8 Å². The van der Waals surface area contributed by atoms with E-state index in [4.69, 9.17) is 4.74 Å². The van der Waals surface area contributed by atoms with Crippen molar-refractivity contribution in [3.63, 3.8) is 0 Å². The van der Waals surface area contributed by atoms with Crippen LogP contribution < -0.4 is 21.3 Å². The fourth-order valence-electron chi connectivity index (χ4n) is 2.12. The van der Waals surface area contributed by atoms with Crippen LogP contribution >= 0.6 is 0 Å². The molecule has 0 bridgehead atoms. The molecule has 144 valence electrons. The second-order valence-electron chi connectivity index (χ2n) is 5.04. The van der Waals surface area contributed by atoms with Crippen LogP contribution in [0.15, 0.2) is 41.7 Å². The SMILES string of the molecule is CN/C(C(=O)Nc1ccccc1)=C(/NC)C(CNC(=O)C(F)(F)F)OC. The summed E-state index contributed by atoms with van der Waals surface area (Å²) in [4.78, 5) is 23.5. The molecule has 1 aromatic carbocycles. The Balaban J connectivity index is 2.99. The van der Waals surface area contributed by atoms with Gasteiger partial charge < -0.3 is 26.0 Å². The number of carbonyl (C=O) groups is 2. The van der Waals surface area contributed by atoms with Crippen LogP contribution in [0.5, 0.6) is 0 Å². The Morgan fingerprint density at radius 1 is 1.12 bits per heavy atom. The van der Waals surface area contributed by atoms with Gasteiger partial charge in [0.25, 0.3) is 5.91 Å². The van der Waals surface area contributed by atoms with Crippen molar-refractivity contribution in [2.45, 2.75) is 12.3 Å². The fourth-order valence-corrected chi connectivity index (χ4v) is 2.12. The molecule has 10 heteroatoms. The number of alkyl halides is 3. The maximum absolute atomic E-state index is 12.5. The first-order valence-electron chi connectivity index (χ1n) is 7.58. The van der Waals surface area contributed by atoms with E-state index >= 15 is 0 Å². The quantitative estimate of drug-likeness (QED) is 0.509. The molecular formula is C16H21F3N4O3. The number of rotatable bonds is 8. The van der Waals surface area contributed by atoms with E-state index in [0.29, 0.717) is 5.69 Å². The number of hydrogen-bond acceptors (Lipinski definition) is 5. The topological polar surface area (TPSA) is 91.5 Å². The van der Waals surface area contributed by atoms with Gasteiger partial charge in [0.15, 0.2) is 0 Å². The third-order valence-electron chi connectivity index (χ3n) is 3.36. The van der Waals surface area contributed by atoms with Gasteiger partial charge in [-0.25, -0.2) is 0 Å². The lowest BCUT2D eigenvalue weighted by atomic mass is 10.1. The van der Waals surface area contributed by atoms with Crippen LogP contribution in [-0.2, 0) is 14.3 Å². The van der Waals surface area contributed by atoms with Crippen molar-refractivity contribution in [2.75, 3.05) is 33.1 Å². The van der Waals surface area contributed by atoms with Gasteiger partial charge >= 0.3 is 12.1 Å². The minimum atomic E-state index is -5.00. The van der Waals surface area contributed by atoms with Crippen LogP contribution in [0.2, 0.25) is 0 Å². The van der Waals surface area contributed by atoms with E-state index < -0.39 is 30.6 Å².